The van der Waals surface area contributed by atoms with Gasteiger partial charge in [0.2, 0.25) is 0 Å². The number of aromatic carboxylic acids is 1. The van der Waals surface area contributed by atoms with Crippen LogP contribution in [0.1, 0.15) is 15.9 Å². The van der Waals surface area contributed by atoms with Crippen LogP contribution in [-0.2, 0) is 0 Å². The molecule has 2 aromatic carbocycles. The Labute approximate surface area is 98.3 Å². The molecule has 0 fully saturated rings. The summed E-state index contributed by atoms with van der Waals surface area (Å²) in [5.74, 6) is -1.19. The molecule has 17 heavy (non-hydrogen) atoms. The molecule has 2 rings (SSSR count). The predicted molar refractivity (Wildman–Crippen MR) is 63.5 cm³/mol. The van der Waals surface area contributed by atoms with Crippen LogP contribution < -0.4 is 0 Å². The molecule has 2 aromatic rings. The molecule has 0 atom stereocenters. The zero-order chi connectivity index (χ0) is 12.4. The average Bonchev–Trinajstić information content (AvgIpc) is 2.33. The fraction of sp³-hybridized carbons (Fsp3) is 0.0714. The standard InChI is InChI=1S/C14H11FO2/c1-9-8-12(6-7-13(9)15)10-2-4-11(5-3-10)14(16)17/h2-8H,1H3,(H,16,17). The van der Waals surface area contributed by atoms with E-state index in [-0.39, 0.29) is 11.4 Å². The van der Waals surface area contributed by atoms with Gasteiger partial charge in [-0.15, -0.1) is 0 Å². The van der Waals surface area contributed by atoms with E-state index >= 15 is 0 Å². The van der Waals surface area contributed by atoms with Gasteiger partial charge < -0.3 is 5.11 Å². The summed E-state index contributed by atoms with van der Waals surface area (Å²) in [5, 5.41) is 8.78. The summed E-state index contributed by atoms with van der Waals surface area (Å²) in [5.41, 5.74) is 2.57. The lowest BCUT2D eigenvalue weighted by Gasteiger charge is -2.04. The second-order valence-electron chi connectivity index (χ2n) is 3.85. The van der Waals surface area contributed by atoms with Crippen molar-refractivity contribution >= 4 is 5.97 Å². The van der Waals surface area contributed by atoms with Crippen LogP contribution in [0.5, 0.6) is 0 Å². The third-order valence-electron chi connectivity index (χ3n) is 2.62. The molecule has 0 amide bonds. The number of carboxylic acid groups (broad SMARTS) is 1. The number of benzene rings is 2. The smallest absolute Gasteiger partial charge is 0.335 e. The second kappa shape index (κ2) is 4.37. The van der Waals surface area contributed by atoms with Gasteiger partial charge in [0.25, 0.3) is 0 Å². The second-order valence-corrected chi connectivity index (χ2v) is 3.85. The molecule has 86 valence electrons. The minimum Gasteiger partial charge on any atom is -0.478 e. The van der Waals surface area contributed by atoms with Crippen LogP contribution in [0.15, 0.2) is 42.5 Å². The number of rotatable bonds is 2. The zero-order valence-electron chi connectivity index (χ0n) is 9.27. The molecule has 0 aliphatic rings. The maximum Gasteiger partial charge on any atom is 0.335 e. The number of hydrogen-bond acceptors (Lipinski definition) is 1. The quantitative estimate of drug-likeness (QED) is 0.857. The topological polar surface area (TPSA) is 37.3 Å². The van der Waals surface area contributed by atoms with Crippen LogP contribution in [0.25, 0.3) is 11.1 Å². The van der Waals surface area contributed by atoms with Crippen molar-refractivity contribution in [3.8, 4) is 11.1 Å². The molecule has 0 radical (unpaired) electrons. The Morgan fingerprint density at radius 3 is 2.18 bits per heavy atom. The van der Waals surface area contributed by atoms with Gasteiger partial charge in [-0.1, -0.05) is 18.2 Å². The molecule has 0 aliphatic carbocycles. The summed E-state index contributed by atoms with van der Waals surface area (Å²) in [4.78, 5) is 10.7. The maximum absolute atomic E-state index is 13.1. The lowest BCUT2D eigenvalue weighted by molar-refractivity contribution is 0.0697. The van der Waals surface area contributed by atoms with Gasteiger partial charge in [0, 0.05) is 0 Å². The minimum atomic E-state index is -0.952. The van der Waals surface area contributed by atoms with Crippen LogP contribution >= 0.6 is 0 Å². The molecule has 3 heteroatoms. The van der Waals surface area contributed by atoms with Crippen molar-refractivity contribution in [2.75, 3.05) is 0 Å². The molecule has 0 unspecified atom stereocenters. The van der Waals surface area contributed by atoms with Crippen molar-refractivity contribution in [3.05, 3.63) is 59.4 Å². The van der Waals surface area contributed by atoms with E-state index in [1.165, 1.54) is 18.2 Å². The van der Waals surface area contributed by atoms with Gasteiger partial charge in [-0.3, -0.25) is 0 Å². The molecular formula is C14H11FO2. The molecule has 0 aromatic heterocycles. The molecule has 0 aliphatic heterocycles. The Bertz CT molecular complexity index is 559. The first-order valence-electron chi connectivity index (χ1n) is 5.18. The SMILES string of the molecule is Cc1cc(-c2ccc(C(=O)O)cc2)ccc1F. The largest absolute Gasteiger partial charge is 0.478 e. The van der Waals surface area contributed by atoms with Crippen LogP contribution in [0.3, 0.4) is 0 Å². The van der Waals surface area contributed by atoms with Crippen LogP contribution in [-0.4, -0.2) is 11.1 Å². The first-order chi connectivity index (χ1) is 8.08. The number of carboxylic acids is 1. The van der Waals surface area contributed by atoms with E-state index in [1.807, 2.05) is 0 Å². The van der Waals surface area contributed by atoms with Gasteiger partial charge >= 0.3 is 5.97 Å². The predicted octanol–water partition coefficient (Wildman–Crippen LogP) is 3.50. The average molecular weight is 230 g/mol. The van der Waals surface area contributed by atoms with Crippen molar-refractivity contribution in [3.63, 3.8) is 0 Å². The fourth-order valence-corrected chi connectivity index (χ4v) is 1.63. The van der Waals surface area contributed by atoms with E-state index in [1.54, 1.807) is 31.2 Å². The summed E-state index contributed by atoms with van der Waals surface area (Å²) >= 11 is 0. The summed E-state index contributed by atoms with van der Waals surface area (Å²) < 4.78 is 13.1. The van der Waals surface area contributed by atoms with E-state index in [2.05, 4.69) is 0 Å². The van der Waals surface area contributed by atoms with Crippen molar-refractivity contribution < 1.29 is 14.3 Å². The normalized spacial score (nSPS) is 10.2. The zero-order valence-corrected chi connectivity index (χ0v) is 9.27. The Hall–Kier alpha value is -2.16. The van der Waals surface area contributed by atoms with Crippen molar-refractivity contribution in [2.45, 2.75) is 6.92 Å². The molecule has 0 bridgehead atoms. The summed E-state index contributed by atoms with van der Waals surface area (Å²) in [6.45, 7) is 1.70. The fourth-order valence-electron chi connectivity index (χ4n) is 1.63. The lowest BCUT2D eigenvalue weighted by Crippen LogP contribution is -1.95. The third kappa shape index (κ3) is 2.33. The van der Waals surface area contributed by atoms with Crippen molar-refractivity contribution in [1.29, 1.82) is 0 Å². The first kappa shape index (κ1) is 11.3. The van der Waals surface area contributed by atoms with E-state index in [0.717, 1.165) is 11.1 Å². The molecule has 0 spiro atoms. The summed E-state index contributed by atoms with van der Waals surface area (Å²) in [7, 11) is 0. The summed E-state index contributed by atoms with van der Waals surface area (Å²) in [6.07, 6.45) is 0. The highest BCUT2D eigenvalue weighted by Crippen LogP contribution is 2.22. The molecule has 2 nitrogen and oxygen atoms in total. The highest BCUT2D eigenvalue weighted by molar-refractivity contribution is 5.88. The monoisotopic (exact) mass is 230 g/mol. The molecule has 1 N–H and O–H groups in total. The van der Waals surface area contributed by atoms with Crippen LogP contribution in [0.2, 0.25) is 0 Å². The van der Waals surface area contributed by atoms with Gasteiger partial charge in [-0.05, 0) is 47.9 Å². The number of carbonyl (C=O) groups is 1. The Kier molecular flexibility index (Phi) is 2.91. The van der Waals surface area contributed by atoms with Crippen LogP contribution in [0.4, 0.5) is 4.39 Å². The molecular weight excluding hydrogens is 219 g/mol. The first-order valence-corrected chi connectivity index (χ1v) is 5.18. The highest BCUT2D eigenvalue weighted by atomic mass is 19.1. The third-order valence-corrected chi connectivity index (χ3v) is 2.62. The van der Waals surface area contributed by atoms with Gasteiger partial charge in [0.15, 0.2) is 0 Å². The Morgan fingerprint density at radius 2 is 1.65 bits per heavy atom. The van der Waals surface area contributed by atoms with Crippen molar-refractivity contribution in [1.82, 2.24) is 0 Å². The molecule has 0 saturated carbocycles. The van der Waals surface area contributed by atoms with E-state index in [9.17, 15) is 9.18 Å². The van der Waals surface area contributed by atoms with Gasteiger partial charge in [0.1, 0.15) is 5.82 Å². The highest BCUT2D eigenvalue weighted by Gasteiger charge is 2.04. The molecule has 0 saturated heterocycles. The van der Waals surface area contributed by atoms with E-state index in [0.29, 0.717) is 5.56 Å². The van der Waals surface area contributed by atoms with E-state index in [4.69, 9.17) is 5.11 Å². The number of hydrogen-bond donors (Lipinski definition) is 1. The van der Waals surface area contributed by atoms with Gasteiger partial charge in [-0.2, -0.15) is 0 Å². The van der Waals surface area contributed by atoms with Crippen LogP contribution in [0, 0.1) is 12.7 Å². The summed E-state index contributed by atoms with van der Waals surface area (Å²) in [6, 6.07) is 11.3. The maximum atomic E-state index is 13.1. The van der Waals surface area contributed by atoms with Crippen molar-refractivity contribution in [2.24, 2.45) is 0 Å². The number of aryl methyl sites for hydroxylation is 1. The Morgan fingerprint density at radius 1 is 1.06 bits per heavy atom. The minimum absolute atomic E-state index is 0.240. The Balaban J connectivity index is 2.39. The lowest BCUT2D eigenvalue weighted by atomic mass is 10.0. The van der Waals surface area contributed by atoms with E-state index < -0.39 is 5.97 Å². The van der Waals surface area contributed by atoms with Gasteiger partial charge in [-0.25, -0.2) is 9.18 Å². The molecule has 0 heterocycles. The number of halogens is 1. The van der Waals surface area contributed by atoms with Gasteiger partial charge in [0.05, 0.1) is 5.56 Å².